The molecule has 78 valence electrons. The third-order valence-electron chi connectivity index (χ3n) is 2.23. The second-order valence-electron chi connectivity index (χ2n) is 3.42. The fourth-order valence-electron chi connectivity index (χ4n) is 1.43. The Morgan fingerprint density at radius 1 is 1.47 bits per heavy atom. The van der Waals surface area contributed by atoms with Gasteiger partial charge >= 0.3 is 0 Å². The van der Waals surface area contributed by atoms with Crippen LogP contribution in [0.25, 0.3) is 0 Å². The van der Waals surface area contributed by atoms with E-state index >= 15 is 0 Å². The summed E-state index contributed by atoms with van der Waals surface area (Å²) >= 11 is 5.17. The number of hydrogen-bond acceptors (Lipinski definition) is 3. The van der Waals surface area contributed by atoms with Crippen molar-refractivity contribution in [1.82, 2.24) is 19.5 Å². The Bertz CT molecular complexity index is 526. The van der Waals surface area contributed by atoms with Crippen LogP contribution < -0.4 is 0 Å². The highest BCUT2D eigenvalue weighted by molar-refractivity contribution is 7.71. The van der Waals surface area contributed by atoms with Crippen molar-refractivity contribution in [3.63, 3.8) is 0 Å². The van der Waals surface area contributed by atoms with Crippen molar-refractivity contribution in [3.05, 3.63) is 40.4 Å². The van der Waals surface area contributed by atoms with Gasteiger partial charge in [-0.1, -0.05) is 0 Å². The van der Waals surface area contributed by atoms with Gasteiger partial charge in [0.25, 0.3) is 0 Å². The van der Waals surface area contributed by atoms with Gasteiger partial charge in [-0.2, -0.15) is 0 Å². The molecule has 0 bridgehead atoms. The minimum absolute atomic E-state index is 0.692. The highest BCUT2D eigenvalue weighted by atomic mass is 32.1. The summed E-state index contributed by atoms with van der Waals surface area (Å²) in [5.41, 5.74) is 2.08. The van der Waals surface area contributed by atoms with Crippen LogP contribution in [0.3, 0.4) is 0 Å². The van der Waals surface area contributed by atoms with Crippen molar-refractivity contribution in [2.75, 3.05) is 0 Å². The van der Waals surface area contributed by atoms with Crippen LogP contribution in [0.1, 0.15) is 17.2 Å². The van der Waals surface area contributed by atoms with Crippen molar-refractivity contribution < 1.29 is 0 Å². The number of imidazole rings is 1. The third-order valence-corrected chi connectivity index (χ3v) is 2.57. The molecule has 0 fully saturated rings. The van der Waals surface area contributed by atoms with Crippen molar-refractivity contribution in [2.24, 2.45) is 0 Å². The van der Waals surface area contributed by atoms with E-state index in [4.69, 9.17) is 12.2 Å². The molecule has 2 rings (SSSR count). The van der Waals surface area contributed by atoms with Gasteiger partial charge < -0.3 is 9.55 Å². The van der Waals surface area contributed by atoms with Crippen LogP contribution in [0.5, 0.6) is 0 Å². The van der Waals surface area contributed by atoms with E-state index in [0.29, 0.717) is 6.54 Å². The van der Waals surface area contributed by atoms with E-state index in [1.807, 2.05) is 30.7 Å². The Kier molecular flexibility index (Phi) is 2.64. The number of aryl methyl sites for hydroxylation is 2. The number of hydrogen-bond donors (Lipinski definition) is 1. The second-order valence-corrected chi connectivity index (χ2v) is 3.80. The zero-order valence-electron chi connectivity index (χ0n) is 8.69. The molecule has 0 spiro atoms. The van der Waals surface area contributed by atoms with Gasteiger partial charge in [-0.3, -0.25) is 0 Å². The van der Waals surface area contributed by atoms with Crippen molar-refractivity contribution in [3.8, 4) is 0 Å². The number of H-pyrrole nitrogens is 1. The van der Waals surface area contributed by atoms with Crippen molar-refractivity contribution in [1.29, 1.82) is 0 Å². The lowest BCUT2D eigenvalue weighted by molar-refractivity contribution is 0.730. The van der Waals surface area contributed by atoms with E-state index < -0.39 is 0 Å². The van der Waals surface area contributed by atoms with Crippen LogP contribution in [0.2, 0.25) is 0 Å². The molecule has 1 N–H and O–H groups in total. The van der Waals surface area contributed by atoms with E-state index in [0.717, 1.165) is 22.0 Å². The number of nitrogens with one attached hydrogen (secondary N) is 1. The van der Waals surface area contributed by atoms with Crippen LogP contribution in [0.15, 0.2) is 18.5 Å². The fraction of sp³-hybridized carbons (Fsp3) is 0.300. The Balaban J connectivity index is 2.33. The summed E-state index contributed by atoms with van der Waals surface area (Å²) in [6, 6.07) is 1.90. The summed E-state index contributed by atoms with van der Waals surface area (Å²) in [4.78, 5) is 11.4. The van der Waals surface area contributed by atoms with Gasteiger partial charge in [0, 0.05) is 18.1 Å². The van der Waals surface area contributed by atoms with Crippen LogP contribution in [0.4, 0.5) is 0 Å². The maximum absolute atomic E-state index is 5.17. The van der Waals surface area contributed by atoms with Crippen molar-refractivity contribution >= 4 is 12.2 Å². The zero-order valence-corrected chi connectivity index (χ0v) is 9.51. The molecule has 0 aliphatic carbocycles. The van der Waals surface area contributed by atoms with Gasteiger partial charge in [0.15, 0.2) is 4.77 Å². The Morgan fingerprint density at radius 2 is 2.27 bits per heavy atom. The summed E-state index contributed by atoms with van der Waals surface area (Å²) in [5, 5.41) is 0. The summed E-state index contributed by atoms with van der Waals surface area (Å²) < 4.78 is 2.74. The minimum atomic E-state index is 0.692. The predicted molar refractivity (Wildman–Crippen MR) is 60.2 cm³/mol. The summed E-state index contributed by atoms with van der Waals surface area (Å²) in [7, 11) is 0. The maximum atomic E-state index is 5.17. The number of rotatable bonds is 2. The molecule has 0 saturated carbocycles. The molecule has 15 heavy (non-hydrogen) atoms. The number of aromatic nitrogens is 4. The molecule has 0 atom stereocenters. The van der Waals surface area contributed by atoms with Crippen molar-refractivity contribution in [2.45, 2.75) is 20.4 Å². The molecule has 0 unspecified atom stereocenters. The van der Waals surface area contributed by atoms with Crippen LogP contribution in [0, 0.1) is 18.6 Å². The van der Waals surface area contributed by atoms with E-state index in [9.17, 15) is 0 Å². The molecule has 0 radical (unpaired) electrons. The maximum Gasteiger partial charge on any atom is 0.177 e. The normalized spacial score (nSPS) is 10.5. The molecule has 0 aliphatic rings. The minimum Gasteiger partial charge on any atom is -0.337 e. The molecular weight excluding hydrogens is 208 g/mol. The van der Waals surface area contributed by atoms with Crippen LogP contribution in [-0.2, 0) is 6.54 Å². The lowest BCUT2D eigenvalue weighted by Crippen LogP contribution is -2.04. The summed E-state index contributed by atoms with van der Waals surface area (Å²) in [5.74, 6) is 0.784. The van der Waals surface area contributed by atoms with E-state index in [2.05, 4.69) is 15.0 Å². The van der Waals surface area contributed by atoms with Crippen LogP contribution >= 0.6 is 12.2 Å². The topological polar surface area (TPSA) is 46.5 Å². The average molecular weight is 220 g/mol. The van der Waals surface area contributed by atoms with Gasteiger partial charge in [-0.25, -0.2) is 9.97 Å². The van der Waals surface area contributed by atoms with E-state index in [1.165, 1.54) is 0 Å². The molecule has 5 heteroatoms. The SMILES string of the molecule is Cc1nccc(Cn2c(C)c[nH]c2=S)n1. The fourth-order valence-corrected chi connectivity index (χ4v) is 1.70. The monoisotopic (exact) mass is 220 g/mol. The van der Waals surface area contributed by atoms with Gasteiger partial charge in [-0.05, 0) is 32.1 Å². The molecule has 2 aromatic heterocycles. The zero-order chi connectivity index (χ0) is 10.8. The first-order valence-electron chi connectivity index (χ1n) is 4.70. The number of nitrogens with zero attached hydrogens (tertiary/aromatic N) is 3. The van der Waals surface area contributed by atoms with Gasteiger partial charge in [0.2, 0.25) is 0 Å². The molecule has 2 aromatic rings. The highest BCUT2D eigenvalue weighted by Crippen LogP contribution is 2.04. The molecule has 0 aromatic carbocycles. The Hall–Kier alpha value is -1.49. The lowest BCUT2D eigenvalue weighted by Gasteiger charge is -2.04. The first kappa shape index (κ1) is 10.0. The number of aromatic amines is 1. The highest BCUT2D eigenvalue weighted by Gasteiger charge is 2.01. The smallest absolute Gasteiger partial charge is 0.177 e. The average Bonchev–Trinajstić information content (AvgIpc) is 2.50. The molecule has 0 amide bonds. The molecule has 0 aliphatic heterocycles. The van der Waals surface area contributed by atoms with Gasteiger partial charge in [0.05, 0.1) is 12.2 Å². The van der Waals surface area contributed by atoms with E-state index in [-0.39, 0.29) is 0 Å². The van der Waals surface area contributed by atoms with E-state index in [1.54, 1.807) is 6.20 Å². The van der Waals surface area contributed by atoms with Crippen LogP contribution in [-0.4, -0.2) is 19.5 Å². The van der Waals surface area contributed by atoms with Gasteiger partial charge in [-0.15, -0.1) is 0 Å². The molecule has 0 saturated heterocycles. The molecule has 4 nitrogen and oxygen atoms in total. The molecular formula is C10H12N4S. The quantitative estimate of drug-likeness (QED) is 0.787. The second kappa shape index (κ2) is 3.94. The first-order valence-corrected chi connectivity index (χ1v) is 5.11. The predicted octanol–water partition coefficient (Wildman–Crippen LogP) is 2.00. The first-order chi connectivity index (χ1) is 7.16. The molecule has 2 heterocycles. The summed E-state index contributed by atoms with van der Waals surface area (Å²) in [6.07, 6.45) is 3.67. The standard InChI is InChI=1S/C10H12N4S/c1-7-5-12-10(15)14(7)6-9-3-4-11-8(2)13-9/h3-5H,6H2,1-2H3,(H,12,15). The Labute approximate surface area is 93.0 Å². The largest absolute Gasteiger partial charge is 0.337 e. The third kappa shape index (κ3) is 2.12. The van der Waals surface area contributed by atoms with Gasteiger partial charge in [0.1, 0.15) is 5.82 Å². The lowest BCUT2D eigenvalue weighted by atomic mass is 10.4. The summed E-state index contributed by atoms with van der Waals surface area (Å²) in [6.45, 7) is 4.59. The Morgan fingerprint density at radius 3 is 2.87 bits per heavy atom.